The van der Waals surface area contributed by atoms with Crippen LogP contribution in [-0.2, 0) is 14.9 Å². The van der Waals surface area contributed by atoms with Crippen molar-refractivity contribution in [3.63, 3.8) is 0 Å². The third-order valence-corrected chi connectivity index (χ3v) is 6.60. The monoisotopic (exact) mass is 491 g/mol. The van der Waals surface area contributed by atoms with Gasteiger partial charge in [0, 0.05) is 0 Å². The molecule has 0 aliphatic carbocycles. The summed E-state index contributed by atoms with van der Waals surface area (Å²) in [6, 6.07) is -1.22. The van der Waals surface area contributed by atoms with Crippen LogP contribution in [0.3, 0.4) is 0 Å². The summed E-state index contributed by atoms with van der Waals surface area (Å²) in [6.07, 6.45) is 17.4. The predicted octanol–water partition coefficient (Wildman–Crippen LogP) is 4.92. The molecule has 0 rings (SSSR count). The fraction of sp³-hybridized carbons (Fsp3) is 0.880. The molecule has 0 aliphatic heterocycles. The Morgan fingerprint density at radius 3 is 1.82 bits per heavy atom. The number of unbranched alkanes of at least 4 members (excludes halogenated alkanes) is 13. The number of aliphatic hydroxyl groups excluding tert-OH is 2. The Bertz CT molecular complexity index is 608. The Hall–Kier alpha value is -0.960. The van der Waals surface area contributed by atoms with E-state index in [1.165, 1.54) is 44.6 Å². The van der Waals surface area contributed by atoms with Gasteiger partial charge in [-0.25, -0.2) is 0 Å². The molecule has 0 aromatic rings. The number of hydrogen-bond donors (Lipinski definition) is 4. The van der Waals surface area contributed by atoms with Gasteiger partial charge < -0.3 is 15.5 Å². The van der Waals surface area contributed by atoms with E-state index in [1.807, 2.05) is 0 Å². The number of allylic oxidation sites excluding steroid dienone is 1. The van der Waals surface area contributed by atoms with Crippen LogP contribution in [0.5, 0.6) is 0 Å². The highest BCUT2D eigenvalue weighted by Crippen LogP contribution is 2.12. The topological polar surface area (TPSA) is 124 Å². The molecule has 0 fully saturated rings. The van der Waals surface area contributed by atoms with Gasteiger partial charge in [-0.1, -0.05) is 109 Å². The highest BCUT2D eigenvalue weighted by molar-refractivity contribution is 7.85. The van der Waals surface area contributed by atoms with Gasteiger partial charge in [0.05, 0.1) is 17.9 Å². The van der Waals surface area contributed by atoms with Crippen LogP contribution in [-0.4, -0.2) is 53.1 Å². The van der Waals surface area contributed by atoms with Gasteiger partial charge in [0.25, 0.3) is 10.1 Å². The molecular weight excluding hydrogens is 442 g/mol. The van der Waals surface area contributed by atoms with Crippen molar-refractivity contribution >= 4 is 16.0 Å². The molecule has 0 aromatic carbocycles. The van der Waals surface area contributed by atoms with Gasteiger partial charge >= 0.3 is 0 Å². The minimum Gasteiger partial charge on any atom is -0.387 e. The lowest BCUT2D eigenvalue weighted by molar-refractivity contribution is -0.130. The standard InChI is InChI=1S/C25H49NO6S/c1-3-5-7-9-11-12-13-14-16-18-20-24(28)25(29)26-22(21-33(30,31)32)23(27)19-17-15-10-8-6-4-2/h17,19,22-24,27-28H,3-16,18,20-21H2,1-2H3,(H,26,29)(H,30,31,32)/b19-17+. The largest absolute Gasteiger partial charge is 0.387 e. The van der Waals surface area contributed by atoms with E-state index >= 15 is 0 Å². The lowest BCUT2D eigenvalue weighted by atomic mass is 10.0. The summed E-state index contributed by atoms with van der Waals surface area (Å²) in [5, 5.41) is 22.8. The molecule has 4 N–H and O–H groups in total. The molecule has 1 amide bonds. The van der Waals surface area contributed by atoms with Crippen LogP contribution in [0.1, 0.15) is 117 Å². The predicted molar refractivity (Wildman–Crippen MR) is 135 cm³/mol. The molecule has 0 spiro atoms. The molecule has 0 aliphatic rings. The quantitative estimate of drug-likeness (QED) is 0.0968. The maximum absolute atomic E-state index is 12.3. The molecule has 8 heteroatoms. The number of hydrogen-bond acceptors (Lipinski definition) is 5. The van der Waals surface area contributed by atoms with E-state index in [0.717, 1.165) is 51.4 Å². The maximum Gasteiger partial charge on any atom is 0.267 e. The molecule has 3 unspecified atom stereocenters. The Morgan fingerprint density at radius 2 is 1.30 bits per heavy atom. The lowest BCUT2D eigenvalue weighted by Crippen LogP contribution is -2.50. The van der Waals surface area contributed by atoms with Crippen molar-refractivity contribution < 1.29 is 28.0 Å². The summed E-state index contributed by atoms with van der Waals surface area (Å²) >= 11 is 0. The highest BCUT2D eigenvalue weighted by atomic mass is 32.2. The van der Waals surface area contributed by atoms with Crippen molar-refractivity contribution in [1.29, 1.82) is 0 Å². The van der Waals surface area contributed by atoms with Crippen LogP contribution >= 0.6 is 0 Å². The second-order valence-corrected chi connectivity index (χ2v) is 10.6. The van der Waals surface area contributed by atoms with Crippen LogP contribution in [0.4, 0.5) is 0 Å². The van der Waals surface area contributed by atoms with Gasteiger partial charge in [-0.05, 0) is 19.3 Å². The van der Waals surface area contributed by atoms with Crippen molar-refractivity contribution in [2.75, 3.05) is 5.75 Å². The van der Waals surface area contributed by atoms with E-state index in [2.05, 4.69) is 19.2 Å². The Labute approximate surface area is 202 Å². The van der Waals surface area contributed by atoms with Gasteiger partial charge in [-0.15, -0.1) is 0 Å². The van der Waals surface area contributed by atoms with Gasteiger partial charge in [-0.3, -0.25) is 9.35 Å². The molecule has 33 heavy (non-hydrogen) atoms. The van der Waals surface area contributed by atoms with Crippen molar-refractivity contribution in [2.45, 2.75) is 135 Å². The van der Waals surface area contributed by atoms with Gasteiger partial charge in [-0.2, -0.15) is 8.42 Å². The maximum atomic E-state index is 12.3. The van der Waals surface area contributed by atoms with Crippen LogP contribution in [0, 0.1) is 0 Å². The summed E-state index contributed by atoms with van der Waals surface area (Å²) in [5.41, 5.74) is 0. The number of amides is 1. The van der Waals surface area contributed by atoms with Gasteiger partial charge in [0.15, 0.2) is 0 Å². The zero-order valence-corrected chi connectivity index (χ0v) is 21.7. The molecule has 0 bridgehead atoms. The minimum absolute atomic E-state index is 0.282. The first-order valence-electron chi connectivity index (χ1n) is 13.0. The summed E-state index contributed by atoms with van der Waals surface area (Å²) in [4.78, 5) is 12.3. The minimum atomic E-state index is -4.41. The normalized spacial score (nSPS) is 14.9. The fourth-order valence-electron chi connectivity index (χ4n) is 3.75. The van der Waals surface area contributed by atoms with E-state index in [1.54, 1.807) is 6.08 Å². The third kappa shape index (κ3) is 20.2. The van der Waals surface area contributed by atoms with Gasteiger partial charge in [0.1, 0.15) is 6.10 Å². The van der Waals surface area contributed by atoms with Crippen LogP contribution in [0.2, 0.25) is 0 Å². The van der Waals surface area contributed by atoms with Crippen molar-refractivity contribution in [1.82, 2.24) is 5.32 Å². The van der Waals surface area contributed by atoms with E-state index in [4.69, 9.17) is 0 Å². The smallest absolute Gasteiger partial charge is 0.267 e. The zero-order valence-electron chi connectivity index (χ0n) is 20.9. The number of rotatable bonds is 22. The molecule has 7 nitrogen and oxygen atoms in total. The zero-order chi connectivity index (χ0) is 25.0. The molecule has 3 atom stereocenters. The number of carbonyl (C=O) groups excluding carboxylic acids is 1. The molecule has 0 heterocycles. The van der Waals surface area contributed by atoms with E-state index in [-0.39, 0.29) is 6.42 Å². The lowest BCUT2D eigenvalue weighted by Gasteiger charge is -2.22. The average molecular weight is 492 g/mol. The second-order valence-electron chi connectivity index (χ2n) is 9.12. The number of carbonyl (C=O) groups is 1. The summed E-state index contributed by atoms with van der Waals surface area (Å²) in [5.74, 6) is -1.54. The van der Waals surface area contributed by atoms with Crippen molar-refractivity contribution in [2.24, 2.45) is 0 Å². The van der Waals surface area contributed by atoms with Crippen molar-refractivity contribution in [3.05, 3.63) is 12.2 Å². The van der Waals surface area contributed by atoms with E-state index < -0.39 is 40.0 Å². The molecular formula is C25H49NO6S. The fourth-order valence-corrected chi connectivity index (χ4v) is 4.48. The van der Waals surface area contributed by atoms with Gasteiger partial charge in [0.2, 0.25) is 5.91 Å². The first-order chi connectivity index (χ1) is 15.7. The number of aliphatic hydroxyl groups is 2. The summed E-state index contributed by atoms with van der Waals surface area (Å²) in [7, 11) is -4.41. The molecule has 0 aromatic heterocycles. The van der Waals surface area contributed by atoms with Crippen LogP contribution in [0.15, 0.2) is 12.2 Å². The van der Waals surface area contributed by atoms with Crippen LogP contribution in [0.25, 0.3) is 0 Å². The number of nitrogens with one attached hydrogen (secondary N) is 1. The van der Waals surface area contributed by atoms with E-state index in [9.17, 15) is 28.0 Å². The SMILES string of the molecule is CCCCCC/C=C/C(O)C(CS(=O)(=O)O)NC(=O)C(O)CCCCCCCCCCCC. The van der Waals surface area contributed by atoms with E-state index in [0.29, 0.717) is 6.42 Å². The Morgan fingerprint density at radius 1 is 0.818 bits per heavy atom. The summed E-state index contributed by atoms with van der Waals surface area (Å²) in [6.45, 7) is 4.33. The third-order valence-electron chi connectivity index (χ3n) is 5.82. The van der Waals surface area contributed by atoms with Crippen molar-refractivity contribution in [3.8, 4) is 0 Å². The first-order valence-corrected chi connectivity index (χ1v) is 14.6. The molecule has 0 saturated carbocycles. The first kappa shape index (κ1) is 32.0. The highest BCUT2D eigenvalue weighted by Gasteiger charge is 2.27. The molecule has 0 radical (unpaired) electrons. The average Bonchev–Trinajstić information content (AvgIpc) is 2.75. The molecule has 196 valence electrons. The second kappa shape index (κ2) is 20.4. The Balaban J connectivity index is 4.32. The molecule has 0 saturated heterocycles. The Kier molecular flexibility index (Phi) is 19.8. The van der Waals surface area contributed by atoms with Crippen LogP contribution < -0.4 is 5.32 Å². The summed E-state index contributed by atoms with van der Waals surface area (Å²) < 4.78 is 31.8.